The van der Waals surface area contributed by atoms with Crippen molar-refractivity contribution >= 4 is 43.0 Å². The van der Waals surface area contributed by atoms with Crippen LogP contribution in [0.4, 0.5) is 17.1 Å². The van der Waals surface area contributed by atoms with Gasteiger partial charge in [0.1, 0.15) is 12.3 Å². The van der Waals surface area contributed by atoms with Crippen molar-refractivity contribution in [2.45, 2.75) is 37.5 Å². The van der Waals surface area contributed by atoms with Gasteiger partial charge in [-0.1, -0.05) is 41.5 Å². The van der Waals surface area contributed by atoms with Gasteiger partial charge in [0.25, 0.3) is 20.0 Å². The molecule has 0 bridgehead atoms. The maximum atomic E-state index is 13.8. The molecule has 11 heteroatoms. The molecule has 220 valence electrons. The fourth-order valence-corrected chi connectivity index (χ4v) is 6.87. The van der Waals surface area contributed by atoms with Crippen molar-refractivity contribution in [2.75, 3.05) is 28.0 Å². The zero-order chi connectivity index (χ0) is 30.7. The third kappa shape index (κ3) is 6.92. The number of hydrogen-bond donors (Lipinski definition) is 2. The standard InChI is InChI=1S/C31H33N3O6S2/c1-21-6-12-27(13-7-21)42(38,39)34(29-19-23(3)9-17-30(29)40-5)20-31(35)32-25-10-14-26(15-11-25)41(36,37)33-28-16-8-22(2)18-24(28)4/h6-19,33H,20H2,1-5H3,(H,32,35). The summed E-state index contributed by atoms with van der Waals surface area (Å²) in [5.74, 6) is -0.340. The predicted octanol–water partition coefficient (Wildman–Crippen LogP) is 5.56. The fourth-order valence-electron chi connectivity index (χ4n) is 4.31. The Labute approximate surface area is 247 Å². The molecule has 0 heterocycles. The smallest absolute Gasteiger partial charge is 0.264 e. The van der Waals surface area contributed by atoms with Crippen LogP contribution in [0.1, 0.15) is 22.3 Å². The Morgan fingerprint density at radius 2 is 1.31 bits per heavy atom. The van der Waals surface area contributed by atoms with Gasteiger partial charge in [0.15, 0.2) is 0 Å². The molecule has 0 aromatic heterocycles. The van der Waals surface area contributed by atoms with E-state index in [1.54, 1.807) is 36.4 Å². The Morgan fingerprint density at radius 1 is 0.738 bits per heavy atom. The predicted molar refractivity (Wildman–Crippen MR) is 165 cm³/mol. The summed E-state index contributed by atoms with van der Waals surface area (Å²) in [5.41, 5.74) is 4.46. The fraction of sp³-hybridized carbons (Fsp3) is 0.194. The molecule has 0 unspecified atom stereocenters. The average molecular weight is 608 g/mol. The van der Waals surface area contributed by atoms with Gasteiger partial charge < -0.3 is 10.1 Å². The Bertz CT molecular complexity index is 1820. The van der Waals surface area contributed by atoms with Crippen molar-refractivity contribution in [2.24, 2.45) is 0 Å². The van der Waals surface area contributed by atoms with Crippen LogP contribution in [0.25, 0.3) is 0 Å². The first-order valence-electron chi connectivity index (χ1n) is 13.0. The van der Waals surface area contributed by atoms with E-state index >= 15 is 0 Å². The molecule has 0 aliphatic heterocycles. The van der Waals surface area contributed by atoms with E-state index in [4.69, 9.17) is 4.74 Å². The third-order valence-electron chi connectivity index (χ3n) is 6.57. The highest BCUT2D eigenvalue weighted by Gasteiger charge is 2.30. The number of anilines is 3. The first-order valence-corrected chi connectivity index (χ1v) is 16.0. The van der Waals surface area contributed by atoms with Crippen LogP contribution in [0.3, 0.4) is 0 Å². The molecule has 4 rings (SSSR count). The van der Waals surface area contributed by atoms with Gasteiger partial charge in [-0.25, -0.2) is 16.8 Å². The minimum atomic E-state index is -4.16. The van der Waals surface area contributed by atoms with E-state index in [9.17, 15) is 21.6 Å². The number of sulfonamides is 2. The molecule has 9 nitrogen and oxygen atoms in total. The van der Waals surface area contributed by atoms with Crippen molar-refractivity contribution in [1.29, 1.82) is 0 Å². The molecule has 42 heavy (non-hydrogen) atoms. The van der Waals surface area contributed by atoms with E-state index in [2.05, 4.69) is 10.0 Å². The summed E-state index contributed by atoms with van der Waals surface area (Å²) < 4.78 is 62.5. The van der Waals surface area contributed by atoms with Gasteiger partial charge in [-0.05, 0) is 93.4 Å². The molecule has 0 spiro atoms. The van der Waals surface area contributed by atoms with Crippen molar-refractivity contribution in [1.82, 2.24) is 0 Å². The SMILES string of the molecule is COc1ccc(C)cc1N(CC(=O)Nc1ccc(S(=O)(=O)Nc2ccc(C)cc2C)cc1)S(=O)(=O)c1ccc(C)cc1. The molecule has 2 N–H and O–H groups in total. The minimum Gasteiger partial charge on any atom is -0.495 e. The maximum Gasteiger partial charge on any atom is 0.264 e. The van der Waals surface area contributed by atoms with Crippen LogP contribution >= 0.6 is 0 Å². The second-order valence-electron chi connectivity index (χ2n) is 10.00. The number of hydrogen-bond acceptors (Lipinski definition) is 6. The van der Waals surface area contributed by atoms with Crippen molar-refractivity contribution in [3.05, 3.63) is 107 Å². The first kappa shape index (κ1) is 30.6. The summed E-state index contributed by atoms with van der Waals surface area (Å²) in [6.45, 7) is 6.85. The van der Waals surface area contributed by atoms with Gasteiger partial charge in [-0.15, -0.1) is 0 Å². The van der Waals surface area contributed by atoms with Gasteiger partial charge in [0, 0.05) is 5.69 Å². The maximum absolute atomic E-state index is 13.8. The number of amides is 1. The van der Waals surface area contributed by atoms with E-state index in [-0.39, 0.29) is 21.2 Å². The molecule has 0 aliphatic rings. The van der Waals surface area contributed by atoms with E-state index < -0.39 is 32.5 Å². The first-order chi connectivity index (χ1) is 19.8. The Hall–Kier alpha value is -4.35. The van der Waals surface area contributed by atoms with E-state index in [1.807, 2.05) is 39.8 Å². The molecular weight excluding hydrogens is 574 g/mol. The van der Waals surface area contributed by atoms with Gasteiger partial charge in [0.05, 0.1) is 28.3 Å². The lowest BCUT2D eigenvalue weighted by atomic mass is 10.1. The number of carbonyl (C=O) groups excluding carboxylic acids is 1. The van der Waals surface area contributed by atoms with Gasteiger partial charge in [0.2, 0.25) is 5.91 Å². The highest BCUT2D eigenvalue weighted by Crippen LogP contribution is 2.33. The number of benzene rings is 4. The third-order valence-corrected chi connectivity index (χ3v) is 9.73. The van der Waals surface area contributed by atoms with Crippen molar-refractivity contribution in [3.8, 4) is 5.75 Å². The molecule has 4 aromatic carbocycles. The summed E-state index contributed by atoms with van der Waals surface area (Å²) in [6, 6.07) is 22.4. The van der Waals surface area contributed by atoms with Gasteiger partial charge in [-0.2, -0.15) is 0 Å². The van der Waals surface area contributed by atoms with Gasteiger partial charge in [-0.3, -0.25) is 13.8 Å². The number of nitrogens with one attached hydrogen (secondary N) is 2. The van der Waals surface area contributed by atoms with E-state index in [0.717, 1.165) is 26.6 Å². The van der Waals surface area contributed by atoms with Crippen LogP contribution < -0.4 is 19.1 Å². The average Bonchev–Trinajstić information content (AvgIpc) is 2.93. The molecule has 0 radical (unpaired) electrons. The Morgan fingerprint density at radius 3 is 1.93 bits per heavy atom. The summed E-state index contributed by atoms with van der Waals surface area (Å²) in [7, 11) is -6.62. The summed E-state index contributed by atoms with van der Waals surface area (Å²) >= 11 is 0. The van der Waals surface area contributed by atoms with Gasteiger partial charge >= 0.3 is 0 Å². The monoisotopic (exact) mass is 607 g/mol. The lowest BCUT2D eigenvalue weighted by Crippen LogP contribution is -2.38. The summed E-state index contributed by atoms with van der Waals surface area (Å²) in [6.07, 6.45) is 0. The zero-order valence-electron chi connectivity index (χ0n) is 24.0. The lowest BCUT2D eigenvalue weighted by molar-refractivity contribution is -0.114. The number of methoxy groups -OCH3 is 1. The minimum absolute atomic E-state index is 0.00791. The number of ether oxygens (including phenoxy) is 1. The second-order valence-corrected chi connectivity index (χ2v) is 13.5. The quantitative estimate of drug-likeness (QED) is 0.243. The highest BCUT2D eigenvalue weighted by molar-refractivity contribution is 7.93. The van der Waals surface area contributed by atoms with Crippen LogP contribution in [-0.4, -0.2) is 36.4 Å². The Balaban J connectivity index is 1.58. The van der Waals surface area contributed by atoms with Crippen LogP contribution in [0.2, 0.25) is 0 Å². The molecule has 0 atom stereocenters. The zero-order valence-corrected chi connectivity index (χ0v) is 25.6. The molecule has 4 aromatic rings. The summed E-state index contributed by atoms with van der Waals surface area (Å²) in [5, 5.41) is 2.67. The molecular formula is C31H33N3O6S2. The number of nitrogens with zero attached hydrogens (tertiary/aromatic N) is 1. The van der Waals surface area contributed by atoms with Crippen LogP contribution in [0, 0.1) is 27.7 Å². The number of aryl methyl sites for hydroxylation is 4. The lowest BCUT2D eigenvalue weighted by Gasteiger charge is -2.26. The second kappa shape index (κ2) is 12.3. The molecule has 0 fully saturated rings. The molecule has 0 aliphatic carbocycles. The van der Waals surface area contributed by atoms with E-state index in [1.165, 1.54) is 43.5 Å². The summed E-state index contributed by atoms with van der Waals surface area (Å²) in [4.78, 5) is 13.2. The van der Waals surface area contributed by atoms with Crippen LogP contribution in [-0.2, 0) is 24.8 Å². The highest BCUT2D eigenvalue weighted by atomic mass is 32.2. The normalized spacial score (nSPS) is 11.5. The van der Waals surface area contributed by atoms with Crippen LogP contribution in [0.5, 0.6) is 5.75 Å². The largest absolute Gasteiger partial charge is 0.495 e. The van der Waals surface area contributed by atoms with E-state index in [0.29, 0.717) is 11.4 Å². The number of rotatable bonds is 10. The van der Waals surface area contributed by atoms with Crippen molar-refractivity contribution in [3.63, 3.8) is 0 Å². The molecule has 0 saturated heterocycles. The Kier molecular flexibility index (Phi) is 8.93. The van der Waals surface area contributed by atoms with Crippen LogP contribution in [0.15, 0.2) is 94.7 Å². The topological polar surface area (TPSA) is 122 Å². The number of carbonyl (C=O) groups is 1. The molecule has 1 amide bonds. The van der Waals surface area contributed by atoms with Crippen molar-refractivity contribution < 1.29 is 26.4 Å². The molecule has 0 saturated carbocycles.